The summed E-state index contributed by atoms with van der Waals surface area (Å²) in [6.07, 6.45) is -8.13. The molecule has 2 rings (SSSR count). The highest BCUT2D eigenvalue weighted by Crippen LogP contribution is 2.28. The van der Waals surface area contributed by atoms with Crippen LogP contribution < -0.4 is 21.9 Å². The first-order valence-electron chi connectivity index (χ1n) is 7.30. The minimum Gasteiger partial charge on any atom is -0.394 e. The third-order valence-electron chi connectivity index (χ3n) is 4.01. The van der Waals surface area contributed by atoms with Gasteiger partial charge < -0.3 is 30.9 Å². The summed E-state index contributed by atoms with van der Waals surface area (Å²) >= 11 is 0. The first-order chi connectivity index (χ1) is 11.6. The Hall–Kier alpha value is -2.25. The third-order valence-corrected chi connectivity index (χ3v) is 4.01. The van der Waals surface area contributed by atoms with E-state index in [1.54, 1.807) is 0 Å². The largest absolute Gasteiger partial charge is 0.394 e. The summed E-state index contributed by atoms with van der Waals surface area (Å²) in [6, 6.07) is 0. The fourth-order valence-electron chi connectivity index (χ4n) is 2.62. The van der Waals surface area contributed by atoms with Crippen LogP contribution in [-0.2, 0) is 16.6 Å². The van der Waals surface area contributed by atoms with Gasteiger partial charge in [-0.3, -0.25) is 24.0 Å². The quantitative estimate of drug-likeness (QED) is 0.310. The zero-order valence-corrected chi connectivity index (χ0v) is 13.5. The molecule has 140 valence electrons. The molecule has 0 radical (unpaired) electrons. The Kier molecular flexibility index (Phi) is 5.29. The van der Waals surface area contributed by atoms with Crippen LogP contribution in [0.4, 0.5) is 11.5 Å². The number of carbonyl (C=O) groups is 1. The molecule has 0 aliphatic carbocycles. The van der Waals surface area contributed by atoms with Gasteiger partial charge in [-0.05, 0) is 0 Å². The molecule has 5 atom stereocenters. The Morgan fingerprint density at radius 2 is 1.88 bits per heavy atom. The second kappa shape index (κ2) is 6.93. The number of nitrogens with zero attached hydrogens (tertiary/aromatic N) is 2. The van der Waals surface area contributed by atoms with Gasteiger partial charge in [0.05, 0.1) is 6.61 Å². The summed E-state index contributed by atoms with van der Waals surface area (Å²) in [5, 5.41) is 39.1. The maximum absolute atomic E-state index is 12.4. The number of aliphatic hydroxyl groups is 4. The van der Waals surface area contributed by atoms with Crippen molar-refractivity contribution in [3.8, 4) is 0 Å². The maximum atomic E-state index is 12.4. The molecule has 1 aromatic heterocycles. The van der Waals surface area contributed by atoms with Crippen LogP contribution in [0.3, 0.4) is 0 Å². The van der Waals surface area contributed by atoms with Crippen molar-refractivity contribution in [2.45, 2.75) is 37.6 Å². The van der Waals surface area contributed by atoms with Gasteiger partial charge in [0.2, 0.25) is 5.91 Å². The number of rotatable bonds is 3. The normalized spacial score (nSPS) is 29.4. The molecule has 2 heterocycles. The Balaban J connectivity index is 2.60. The fourth-order valence-corrected chi connectivity index (χ4v) is 2.62. The standard InChI is InChI=1S/C13H20N4O8/c1-4(19)17(6-10(14)15-13(24)16(2)11(6)23)12-9(22)8(21)7(20)5(3-18)25-12/h5,7-9,12,18,20-22H,3,14H2,1-2H3,(H,15,24)/t5-,7+,8+,9-,12+/m0/s1. The molecule has 12 heteroatoms. The van der Waals surface area contributed by atoms with E-state index in [0.717, 1.165) is 14.0 Å². The Morgan fingerprint density at radius 1 is 1.28 bits per heavy atom. The SMILES string of the molecule is CC(=O)N(c1c(N)[nH]c(=O)n(C)c1=O)[C@@H]1O[C@@H](CO)[C@@H](O)[C@@H](O)[C@@H]1O. The molecule has 0 unspecified atom stereocenters. The van der Waals surface area contributed by atoms with Crippen molar-refractivity contribution in [1.29, 1.82) is 0 Å². The van der Waals surface area contributed by atoms with Gasteiger partial charge in [-0.2, -0.15) is 0 Å². The molecule has 0 saturated carbocycles. The number of ether oxygens (including phenoxy) is 1. The van der Waals surface area contributed by atoms with E-state index in [1.807, 2.05) is 0 Å². The Labute approximate surface area is 140 Å². The summed E-state index contributed by atoms with van der Waals surface area (Å²) in [4.78, 5) is 38.9. The molecule has 1 saturated heterocycles. The van der Waals surface area contributed by atoms with Gasteiger partial charge in [-0.15, -0.1) is 0 Å². The number of H-pyrrole nitrogens is 1. The van der Waals surface area contributed by atoms with Crippen molar-refractivity contribution in [2.24, 2.45) is 7.05 Å². The molecular formula is C13H20N4O8. The molecular weight excluding hydrogens is 340 g/mol. The van der Waals surface area contributed by atoms with Crippen molar-refractivity contribution in [2.75, 3.05) is 17.2 Å². The average molecular weight is 360 g/mol. The molecule has 0 bridgehead atoms. The van der Waals surface area contributed by atoms with Crippen molar-refractivity contribution < 1.29 is 30.0 Å². The third kappa shape index (κ3) is 3.17. The molecule has 1 aromatic rings. The summed E-state index contributed by atoms with van der Waals surface area (Å²) in [6.45, 7) is 0.331. The van der Waals surface area contributed by atoms with E-state index >= 15 is 0 Å². The van der Waals surface area contributed by atoms with Crippen LogP contribution in [0.5, 0.6) is 0 Å². The molecule has 0 spiro atoms. The van der Waals surface area contributed by atoms with Gasteiger partial charge in [0.1, 0.15) is 30.2 Å². The van der Waals surface area contributed by atoms with E-state index in [1.165, 1.54) is 0 Å². The van der Waals surface area contributed by atoms with Gasteiger partial charge in [0.15, 0.2) is 11.9 Å². The van der Waals surface area contributed by atoms with Crippen LogP contribution in [0.1, 0.15) is 6.92 Å². The molecule has 1 aliphatic rings. The minimum atomic E-state index is -1.81. The van der Waals surface area contributed by atoms with Crippen LogP contribution in [-0.4, -0.2) is 73.1 Å². The average Bonchev–Trinajstić information content (AvgIpc) is 2.55. The minimum absolute atomic E-state index is 0.444. The molecule has 25 heavy (non-hydrogen) atoms. The van der Waals surface area contributed by atoms with Gasteiger partial charge in [0.25, 0.3) is 5.56 Å². The topological polar surface area (TPSA) is 191 Å². The van der Waals surface area contributed by atoms with Gasteiger partial charge in [-0.1, -0.05) is 0 Å². The lowest BCUT2D eigenvalue weighted by atomic mass is 9.97. The zero-order chi connectivity index (χ0) is 19.0. The van der Waals surface area contributed by atoms with Crippen molar-refractivity contribution in [3.63, 3.8) is 0 Å². The number of aromatic amines is 1. The lowest BCUT2D eigenvalue weighted by Gasteiger charge is -2.44. The predicted molar refractivity (Wildman–Crippen MR) is 83.6 cm³/mol. The Morgan fingerprint density at radius 3 is 2.40 bits per heavy atom. The second-order valence-corrected chi connectivity index (χ2v) is 5.67. The number of amides is 1. The number of nitrogens with one attached hydrogen (secondary N) is 1. The lowest BCUT2D eigenvalue weighted by molar-refractivity contribution is -0.228. The number of aliphatic hydroxyl groups excluding tert-OH is 4. The van der Waals surface area contributed by atoms with E-state index in [9.17, 15) is 34.8 Å². The number of nitrogens with two attached hydrogens (primary N) is 1. The fraction of sp³-hybridized carbons (Fsp3) is 0.615. The molecule has 1 amide bonds. The molecule has 7 N–H and O–H groups in total. The molecule has 0 aromatic carbocycles. The van der Waals surface area contributed by atoms with Crippen LogP contribution in [0.25, 0.3) is 0 Å². The lowest BCUT2D eigenvalue weighted by Crippen LogP contribution is -2.65. The maximum Gasteiger partial charge on any atom is 0.329 e. The van der Waals surface area contributed by atoms with E-state index in [2.05, 4.69) is 4.98 Å². The van der Waals surface area contributed by atoms with E-state index in [-0.39, 0.29) is 0 Å². The summed E-state index contributed by atoms with van der Waals surface area (Å²) in [5.41, 5.74) is 3.42. The zero-order valence-electron chi connectivity index (χ0n) is 13.5. The first kappa shape index (κ1) is 19.1. The van der Waals surface area contributed by atoms with Gasteiger partial charge in [-0.25, -0.2) is 4.79 Å². The Bertz CT molecular complexity index is 772. The smallest absolute Gasteiger partial charge is 0.329 e. The van der Waals surface area contributed by atoms with Gasteiger partial charge in [0, 0.05) is 14.0 Å². The van der Waals surface area contributed by atoms with Crippen molar-refractivity contribution in [3.05, 3.63) is 20.8 Å². The number of anilines is 2. The highest BCUT2D eigenvalue weighted by atomic mass is 16.6. The number of hydrogen-bond donors (Lipinski definition) is 6. The highest BCUT2D eigenvalue weighted by molar-refractivity contribution is 5.94. The second-order valence-electron chi connectivity index (χ2n) is 5.67. The summed E-state index contributed by atoms with van der Waals surface area (Å²) in [5.74, 6) is -1.24. The van der Waals surface area contributed by atoms with Crippen LogP contribution in [0.15, 0.2) is 9.59 Å². The molecule has 1 aliphatic heterocycles. The van der Waals surface area contributed by atoms with Crippen LogP contribution >= 0.6 is 0 Å². The van der Waals surface area contributed by atoms with E-state index in [4.69, 9.17) is 10.5 Å². The highest BCUT2D eigenvalue weighted by Gasteiger charge is 2.47. The van der Waals surface area contributed by atoms with Crippen molar-refractivity contribution in [1.82, 2.24) is 9.55 Å². The summed E-state index contributed by atoms with van der Waals surface area (Å²) < 4.78 is 5.95. The number of aromatic nitrogens is 2. The number of carbonyl (C=O) groups excluding carboxylic acids is 1. The van der Waals surface area contributed by atoms with E-state index in [0.29, 0.717) is 9.47 Å². The summed E-state index contributed by atoms with van der Waals surface area (Å²) in [7, 11) is 1.15. The first-order valence-corrected chi connectivity index (χ1v) is 7.30. The molecule has 1 fully saturated rings. The number of nitrogen functional groups attached to an aromatic ring is 1. The van der Waals surface area contributed by atoms with E-state index < -0.39 is 65.9 Å². The van der Waals surface area contributed by atoms with Crippen LogP contribution in [0.2, 0.25) is 0 Å². The van der Waals surface area contributed by atoms with Crippen molar-refractivity contribution >= 4 is 17.4 Å². The monoisotopic (exact) mass is 360 g/mol. The number of hydrogen-bond acceptors (Lipinski definition) is 9. The van der Waals surface area contributed by atoms with Crippen LogP contribution in [0, 0.1) is 0 Å². The molecule has 12 nitrogen and oxygen atoms in total. The van der Waals surface area contributed by atoms with Gasteiger partial charge >= 0.3 is 5.69 Å². The predicted octanol–water partition coefficient (Wildman–Crippen LogP) is -4.19.